The van der Waals surface area contributed by atoms with Gasteiger partial charge in [-0.2, -0.15) is 0 Å². The van der Waals surface area contributed by atoms with Crippen LogP contribution in [0.15, 0.2) is 6.07 Å². The standard InChI is InChI=1S/C23H34ClFN2O4/c1-14-11-16(26-18(24)17(14)25)13-23(19(28)30-21(3,4)5)9-10-27(15(2)12-23)20(29)31-22(6,7)8/h11,15H,9-10,12-13H2,1-8H3/t15-,23-/m1/s1. The molecule has 6 nitrogen and oxygen atoms in total. The zero-order valence-corrected chi connectivity index (χ0v) is 20.5. The predicted octanol–water partition coefficient (Wildman–Crippen LogP) is 5.47. The van der Waals surface area contributed by atoms with Gasteiger partial charge >= 0.3 is 12.1 Å². The number of piperidine rings is 1. The van der Waals surface area contributed by atoms with Crippen molar-refractivity contribution in [2.45, 2.75) is 91.9 Å². The second-order valence-electron chi connectivity index (χ2n) is 10.5. The van der Waals surface area contributed by atoms with Gasteiger partial charge in [-0.05, 0) is 79.9 Å². The van der Waals surface area contributed by atoms with E-state index >= 15 is 0 Å². The van der Waals surface area contributed by atoms with Crippen LogP contribution in [0.2, 0.25) is 5.15 Å². The first kappa shape index (κ1) is 25.4. The van der Waals surface area contributed by atoms with Crippen LogP contribution in [-0.4, -0.2) is 45.7 Å². The van der Waals surface area contributed by atoms with Crippen LogP contribution in [0, 0.1) is 18.2 Å². The highest BCUT2D eigenvalue weighted by molar-refractivity contribution is 6.29. The molecule has 31 heavy (non-hydrogen) atoms. The number of ether oxygens (including phenoxy) is 2. The Kier molecular flexibility index (Phi) is 7.31. The number of likely N-dealkylation sites (tertiary alicyclic amines) is 1. The van der Waals surface area contributed by atoms with E-state index in [4.69, 9.17) is 21.1 Å². The second-order valence-corrected chi connectivity index (χ2v) is 10.8. The van der Waals surface area contributed by atoms with Gasteiger partial charge in [-0.25, -0.2) is 14.2 Å². The molecular weight excluding hydrogens is 423 g/mol. The van der Waals surface area contributed by atoms with Crippen LogP contribution in [-0.2, 0) is 20.7 Å². The lowest BCUT2D eigenvalue weighted by Gasteiger charge is -2.44. The molecule has 1 aromatic heterocycles. The number of aryl methyl sites for hydroxylation is 1. The molecule has 1 amide bonds. The van der Waals surface area contributed by atoms with Gasteiger partial charge in [-0.15, -0.1) is 0 Å². The van der Waals surface area contributed by atoms with Crippen LogP contribution in [0.3, 0.4) is 0 Å². The quantitative estimate of drug-likeness (QED) is 0.445. The van der Waals surface area contributed by atoms with Crippen LogP contribution in [0.4, 0.5) is 9.18 Å². The minimum absolute atomic E-state index is 0.214. The van der Waals surface area contributed by atoms with Crippen molar-refractivity contribution in [1.29, 1.82) is 0 Å². The Bertz CT molecular complexity index is 824. The van der Waals surface area contributed by atoms with Gasteiger partial charge in [0.2, 0.25) is 0 Å². The molecule has 2 heterocycles. The number of rotatable bonds is 3. The first-order valence-electron chi connectivity index (χ1n) is 10.6. The molecule has 2 atom stereocenters. The highest BCUT2D eigenvalue weighted by Crippen LogP contribution is 2.41. The Morgan fingerprint density at radius 2 is 1.81 bits per heavy atom. The Labute approximate surface area is 189 Å². The third kappa shape index (κ3) is 6.55. The monoisotopic (exact) mass is 456 g/mol. The van der Waals surface area contributed by atoms with Gasteiger partial charge in [0.05, 0.1) is 5.41 Å². The van der Waals surface area contributed by atoms with E-state index in [9.17, 15) is 14.0 Å². The number of hydrogen-bond acceptors (Lipinski definition) is 5. The minimum atomic E-state index is -0.911. The summed E-state index contributed by atoms with van der Waals surface area (Å²) in [6.07, 6.45) is 0.587. The van der Waals surface area contributed by atoms with Crippen LogP contribution in [0.1, 0.15) is 72.6 Å². The van der Waals surface area contributed by atoms with Crippen molar-refractivity contribution in [2.75, 3.05) is 6.54 Å². The maximum Gasteiger partial charge on any atom is 0.410 e. The lowest BCUT2D eigenvalue weighted by molar-refractivity contribution is -0.172. The zero-order chi connectivity index (χ0) is 23.8. The SMILES string of the molecule is Cc1cc(C[C@@]2(C(=O)OC(C)(C)C)CCN(C(=O)OC(C)(C)C)[C@H](C)C2)nc(Cl)c1F. The molecule has 1 fully saturated rings. The van der Waals surface area contributed by atoms with E-state index in [1.807, 2.05) is 48.5 Å². The number of carbonyl (C=O) groups excluding carboxylic acids is 2. The molecule has 174 valence electrons. The Morgan fingerprint density at radius 3 is 2.29 bits per heavy atom. The van der Waals surface area contributed by atoms with Crippen LogP contribution in [0.25, 0.3) is 0 Å². The molecule has 0 radical (unpaired) electrons. The average molecular weight is 457 g/mol. The molecule has 0 aromatic carbocycles. The predicted molar refractivity (Wildman–Crippen MR) is 118 cm³/mol. The van der Waals surface area contributed by atoms with Crippen molar-refractivity contribution in [1.82, 2.24) is 9.88 Å². The maximum absolute atomic E-state index is 14.0. The molecule has 1 aromatic rings. The van der Waals surface area contributed by atoms with Crippen LogP contribution >= 0.6 is 11.6 Å². The summed E-state index contributed by atoms with van der Waals surface area (Å²) in [5.74, 6) is -0.916. The fraction of sp³-hybridized carbons (Fsp3) is 0.696. The molecule has 1 saturated heterocycles. The van der Waals surface area contributed by atoms with E-state index in [-0.39, 0.29) is 23.6 Å². The molecule has 1 aliphatic heterocycles. The summed E-state index contributed by atoms with van der Waals surface area (Å²) in [7, 11) is 0. The molecule has 8 heteroatoms. The van der Waals surface area contributed by atoms with E-state index in [1.54, 1.807) is 17.9 Å². The third-order valence-electron chi connectivity index (χ3n) is 5.18. The number of pyridine rings is 1. The molecule has 0 aliphatic carbocycles. The van der Waals surface area contributed by atoms with E-state index < -0.39 is 28.5 Å². The van der Waals surface area contributed by atoms with Crippen molar-refractivity contribution < 1.29 is 23.5 Å². The van der Waals surface area contributed by atoms with Gasteiger partial charge in [-0.1, -0.05) is 11.6 Å². The molecule has 0 unspecified atom stereocenters. The maximum atomic E-state index is 14.0. The Balaban J connectivity index is 2.35. The smallest absolute Gasteiger partial charge is 0.410 e. The number of halogens is 2. The van der Waals surface area contributed by atoms with Gasteiger partial charge < -0.3 is 14.4 Å². The number of aromatic nitrogens is 1. The molecule has 0 saturated carbocycles. The zero-order valence-electron chi connectivity index (χ0n) is 19.8. The first-order chi connectivity index (χ1) is 14.0. The first-order valence-corrected chi connectivity index (χ1v) is 11.0. The van der Waals surface area contributed by atoms with Crippen LogP contribution in [0.5, 0.6) is 0 Å². The number of carbonyl (C=O) groups is 2. The molecule has 0 N–H and O–H groups in total. The van der Waals surface area contributed by atoms with Crippen molar-refractivity contribution in [3.8, 4) is 0 Å². The van der Waals surface area contributed by atoms with Gasteiger partial charge in [0, 0.05) is 24.7 Å². The van der Waals surface area contributed by atoms with E-state index in [0.717, 1.165) is 0 Å². The summed E-state index contributed by atoms with van der Waals surface area (Å²) >= 11 is 5.95. The Morgan fingerprint density at radius 1 is 1.23 bits per heavy atom. The normalized spacial score (nSPS) is 22.3. The van der Waals surface area contributed by atoms with E-state index in [2.05, 4.69) is 4.98 Å². The third-order valence-corrected chi connectivity index (χ3v) is 5.43. The summed E-state index contributed by atoms with van der Waals surface area (Å²) in [6.45, 7) is 14.7. The molecule has 1 aliphatic rings. The number of esters is 1. The number of nitrogens with zero attached hydrogens (tertiary/aromatic N) is 2. The summed E-state index contributed by atoms with van der Waals surface area (Å²) in [6, 6.07) is 1.35. The Hall–Kier alpha value is -1.89. The summed E-state index contributed by atoms with van der Waals surface area (Å²) < 4.78 is 25.2. The van der Waals surface area contributed by atoms with Crippen LogP contribution < -0.4 is 0 Å². The fourth-order valence-electron chi connectivity index (χ4n) is 3.85. The van der Waals surface area contributed by atoms with Gasteiger partial charge in [0.25, 0.3) is 0 Å². The topological polar surface area (TPSA) is 68.7 Å². The summed E-state index contributed by atoms with van der Waals surface area (Å²) in [4.78, 5) is 31.8. The van der Waals surface area contributed by atoms with Crippen molar-refractivity contribution in [3.05, 3.63) is 28.3 Å². The number of hydrogen-bond donors (Lipinski definition) is 0. The highest BCUT2D eigenvalue weighted by atomic mass is 35.5. The van der Waals surface area contributed by atoms with E-state index in [0.29, 0.717) is 30.6 Å². The highest BCUT2D eigenvalue weighted by Gasteiger charge is 2.48. The fourth-order valence-corrected chi connectivity index (χ4v) is 4.11. The van der Waals surface area contributed by atoms with Gasteiger partial charge in [0.15, 0.2) is 11.0 Å². The summed E-state index contributed by atoms with van der Waals surface area (Å²) in [5.41, 5.74) is -1.30. The number of amides is 1. The van der Waals surface area contributed by atoms with Crippen molar-refractivity contribution >= 4 is 23.7 Å². The molecular formula is C23H34ClFN2O4. The largest absolute Gasteiger partial charge is 0.460 e. The van der Waals surface area contributed by atoms with Gasteiger partial charge in [-0.3, -0.25) is 4.79 Å². The minimum Gasteiger partial charge on any atom is -0.460 e. The lowest BCUT2D eigenvalue weighted by Crippen LogP contribution is -2.54. The van der Waals surface area contributed by atoms with E-state index in [1.165, 1.54) is 0 Å². The molecule has 2 rings (SSSR count). The summed E-state index contributed by atoms with van der Waals surface area (Å²) in [5, 5.41) is -0.214. The molecule has 0 bridgehead atoms. The average Bonchev–Trinajstić information content (AvgIpc) is 2.56. The second kappa shape index (κ2) is 8.93. The van der Waals surface area contributed by atoms with Crippen molar-refractivity contribution in [3.63, 3.8) is 0 Å². The van der Waals surface area contributed by atoms with Gasteiger partial charge in [0.1, 0.15) is 11.2 Å². The lowest BCUT2D eigenvalue weighted by atomic mass is 9.72. The molecule has 0 spiro atoms. The van der Waals surface area contributed by atoms with Crippen molar-refractivity contribution in [2.24, 2.45) is 5.41 Å².